The third kappa shape index (κ3) is 3.67. The number of fused-ring (bicyclic) bond motifs is 1. The molecule has 1 aliphatic heterocycles. The Balaban J connectivity index is 1.61. The number of nitrogens with one attached hydrogen (secondary N) is 1. The fourth-order valence-corrected chi connectivity index (χ4v) is 4.94. The molecule has 180 valence electrons. The fraction of sp³-hybridized carbons (Fsp3) is 0.280. The van der Waals surface area contributed by atoms with Gasteiger partial charge in [-0.05, 0) is 41.7 Å². The molecule has 0 saturated heterocycles. The SMILES string of the molecule is COc1cc([C@@H]2CC(=O)C3=C(C2)Nc2ncnn2[C@@H]3c2ccccc2C(=O)O)cc(OC)c1OC. The molecule has 2 N–H and O–H groups in total. The highest BCUT2D eigenvalue weighted by atomic mass is 16.5. The molecule has 0 fully saturated rings. The molecule has 3 aromatic rings. The average Bonchev–Trinajstić information content (AvgIpc) is 3.34. The van der Waals surface area contributed by atoms with Crippen molar-refractivity contribution in [3.63, 3.8) is 0 Å². The summed E-state index contributed by atoms with van der Waals surface area (Å²) in [4.78, 5) is 29.9. The molecular formula is C25H24N4O6. The first-order chi connectivity index (χ1) is 17.0. The monoisotopic (exact) mass is 476 g/mol. The number of ether oxygens (including phenoxy) is 3. The van der Waals surface area contributed by atoms with Gasteiger partial charge >= 0.3 is 5.97 Å². The van der Waals surface area contributed by atoms with Gasteiger partial charge in [0.1, 0.15) is 12.4 Å². The highest BCUT2D eigenvalue weighted by Gasteiger charge is 2.40. The maximum atomic E-state index is 13.6. The Morgan fingerprint density at radius 3 is 2.46 bits per heavy atom. The van der Waals surface area contributed by atoms with Gasteiger partial charge < -0.3 is 24.6 Å². The predicted molar refractivity (Wildman–Crippen MR) is 125 cm³/mol. The van der Waals surface area contributed by atoms with E-state index in [2.05, 4.69) is 15.4 Å². The Bertz CT molecular complexity index is 1340. The second-order valence-electron chi connectivity index (χ2n) is 8.33. The van der Waals surface area contributed by atoms with Crippen LogP contribution in [0.4, 0.5) is 5.95 Å². The van der Waals surface area contributed by atoms with Crippen LogP contribution in [0.5, 0.6) is 17.2 Å². The average molecular weight is 476 g/mol. The van der Waals surface area contributed by atoms with Crippen molar-refractivity contribution in [3.8, 4) is 17.2 Å². The summed E-state index contributed by atoms with van der Waals surface area (Å²) >= 11 is 0. The maximum absolute atomic E-state index is 13.6. The number of Topliss-reactive ketones (excluding diaryl/α,β-unsaturated/α-hetero) is 1. The first kappa shape index (κ1) is 22.5. The summed E-state index contributed by atoms with van der Waals surface area (Å²) in [5.74, 6) is 0.636. The number of allylic oxidation sites excluding steroid dienone is 2. The van der Waals surface area contributed by atoms with Crippen molar-refractivity contribution in [3.05, 3.63) is 70.7 Å². The number of carboxylic acids is 1. The minimum Gasteiger partial charge on any atom is -0.493 e. The van der Waals surface area contributed by atoms with Crippen molar-refractivity contribution in [2.24, 2.45) is 0 Å². The maximum Gasteiger partial charge on any atom is 0.336 e. The molecule has 0 unspecified atom stereocenters. The van der Waals surface area contributed by atoms with Crippen molar-refractivity contribution < 1.29 is 28.9 Å². The minimum atomic E-state index is -1.07. The summed E-state index contributed by atoms with van der Waals surface area (Å²) in [7, 11) is 4.64. The molecule has 2 aromatic carbocycles. The van der Waals surface area contributed by atoms with Crippen LogP contribution >= 0.6 is 0 Å². The van der Waals surface area contributed by atoms with E-state index in [0.29, 0.717) is 46.5 Å². The number of hydrogen-bond donors (Lipinski definition) is 2. The molecule has 2 heterocycles. The Morgan fingerprint density at radius 1 is 1.09 bits per heavy atom. The molecule has 35 heavy (non-hydrogen) atoms. The summed E-state index contributed by atoms with van der Waals surface area (Å²) in [5, 5.41) is 17.3. The number of aromatic nitrogens is 3. The Morgan fingerprint density at radius 2 is 1.80 bits per heavy atom. The van der Waals surface area contributed by atoms with Crippen LogP contribution < -0.4 is 19.5 Å². The van der Waals surface area contributed by atoms with Crippen molar-refractivity contribution in [2.75, 3.05) is 26.6 Å². The molecule has 0 bridgehead atoms. The van der Waals surface area contributed by atoms with E-state index in [-0.39, 0.29) is 23.7 Å². The predicted octanol–water partition coefficient (Wildman–Crippen LogP) is 3.42. The number of nitrogens with zero attached hydrogens (tertiary/aromatic N) is 3. The lowest BCUT2D eigenvalue weighted by Gasteiger charge is -2.35. The van der Waals surface area contributed by atoms with Crippen LogP contribution in [0.15, 0.2) is 54.0 Å². The van der Waals surface area contributed by atoms with Gasteiger partial charge in [-0.1, -0.05) is 18.2 Å². The van der Waals surface area contributed by atoms with Crippen molar-refractivity contribution in [1.29, 1.82) is 0 Å². The van der Waals surface area contributed by atoms with E-state index in [1.165, 1.54) is 12.4 Å². The van der Waals surface area contributed by atoms with Gasteiger partial charge in [-0.2, -0.15) is 10.1 Å². The van der Waals surface area contributed by atoms with Crippen molar-refractivity contribution >= 4 is 17.7 Å². The van der Waals surface area contributed by atoms with Crippen LogP contribution in [0, 0.1) is 0 Å². The zero-order chi connectivity index (χ0) is 24.7. The number of carbonyl (C=O) groups excluding carboxylic acids is 1. The van der Waals surface area contributed by atoms with Crippen LogP contribution in [-0.2, 0) is 4.79 Å². The summed E-state index contributed by atoms with van der Waals surface area (Å²) in [6.07, 6.45) is 2.13. The molecule has 1 aliphatic carbocycles. The summed E-state index contributed by atoms with van der Waals surface area (Å²) in [6.45, 7) is 0. The van der Waals surface area contributed by atoms with Gasteiger partial charge in [0, 0.05) is 17.7 Å². The smallest absolute Gasteiger partial charge is 0.336 e. The molecule has 2 aliphatic rings. The van der Waals surface area contributed by atoms with Crippen LogP contribution in [-0.4, -0.2) is 53.0 Å². The number of benzene rings is 2. The van der Waals surface area contributed by atoms with Crippen LogP contribution in [0.2, 0.25) is 0 Å². The standard InChI is InChI=1S/C25H24N4O6/c1-33-19-10-14(11-20(34-2)23(19)35-3)13-8-17-21(18(30)9-13)22(29-25(28-17)26-12-27-29)15-6-4-5-7-16(15)24(31)32/h4-7,10-13,22H,8-9H2,1-3H3,(H,31,32)(H,26,27,28)/t13-,22+/m0/s1. The lowest BCUT2D eigenvalue weighted by atomic mass is 9.77. The molecule has 10 nitrogen and oxygen atoms in total. The van der Waals surface area contributed by atoms with Gasteiger partial charge in [-0.3, -0.25) is 4.79 Å². The first-order valence-corrected chi connectivity index (χ1v) is 11.0. The Labute approximate surface area is 201 Å². The van der Waals surface area contributed by atoms with E-state index in [1.807, 2.05) is 12.1 Å². The summed E-state index contributed by atoms with van der Waals surface area (Å²) < 4.78 is 18.0. The summed E-state index contributed by atoms with van der Waals surface area (Å²) in [5.41, 5.74) is 2.68. The Hall–Kier alpha value is -4.34. The van der Waals surface area contributed by atoms with Crippen LogP contribution in [0.1, 0.15) is 46.3 Å². The number of aromatic carboxylic acids is 1. The molecule has 0 saturated carbocycles. The topological polar surface area (TPSA) is 125 Å². The molecule has 5 rings (SSSR count). The van der Waals surface area contributed by atoms with Crippen molar-refractivity contribution in [2.45, 2.75) is 24.8 Å². The van der Waals surface area contributed by atoms with Crippen molar-refractivity contribution in [1.82, 2.24) is 14.8 Å². The van der Waals surface area contributed by atoms with E-state index in [9.17, 15) is 14.7 Å². The highest BCUT2D eigenvalue weighted by molar-refractivity contribution is 6.01. The number of rotatable bonds is 6. The number of carbonyl (C=O) groups is 2. The molecule has 0 spiro atoms. The highest BCUT2D eigenvalue weighted by Crippen LogP contribution is 2.47. The van der Waals surface area contributed by atoms with Gasteiger partial charge in [0.2, 0.25) is 11.7 Å². The molecule has 10 heteroatoms. The van der Waals surface area contributed by atoms with E-state index >= 15 is 0 Å². The Kier molecular flexibility index (Phi) is 5.64. The quantitative estimate of drug-likeness (QED) is 0.550. The summed E-state index contributed by atoms with van der Waals surface area (Å²) in [6, 6.07) is 9.68. The number of methoxy groups -OCH3 is 3. The number of hydrogen-bond acceptors (Lipinski definition) is 8. The largest absolute Gasteiger partial charge is 0.493 e. The lowest BCUT2D eigenvalue weighted by Crippen LogP contribution is -2.34. The van der Waals surface area contributed by atoms with Crippen LogP contribution in [0.25, 0.3) is 0 Å². The zero-order valence-corrected chi connectivity index (χ0v) is 19.4. The van der Waals surface area contributed by atoms with E-state index < -0.39 is 12.0 Å². The molecule has 0 amide bonds. The molecule has 1 aromatic heterocycles. The third-order valence-electron chi connectivity index (χ3n) is 6.51. The van der Waals surface area contributed by atoms with E-state index in [1.54, 1.807) is 44.2 Å². The van der Waals surface area contributed by atoms with Gasteiger partial charge in [-0.15, -0.1) is 0 Å². The second kappa shape index (κ2) is 8.79. The van der Waals surface area contributed by atoms with Gasteiger partial charge in [0.15, 0.2) is 17.3 Å². The zero-order valence-electron chi connectivity index (χ0n) is 19.4. The van der Waals surface area contributed by atoms with Gasteiger partial charge in [0.05, 0.1) is 26.9 Å². The first-order valence-electron chi connectivity index (χ1n) is 11.0. The van der Waals surface area contributed by atoms with Gasteiger partial charge in [-0.25, -0.2) is 9.48 Å². The second-order valence-corrected chi connectivity index (χ2v) is 8.33. The van der Waals surface area contributed by atoms with E-state index in [4.69, 9.17) is 14.2 Å². The number of carboxylic acid groups (broad SMARTS) is 1. The third-order valence-corrected chi connectivity index (χ3v) is 6.51. The van der Waals surface area contributed by atoms with E-state index in [0.717, 1.165) is 5.56 Å². The molecule has 0 radical (unpaired) electrons. The molecular weight excluding hydrogens is 452 g/mol. The normalized spacial score (nSPS) is 18.9. The number of anilines is 1. The minimum absolute atomic E-state index is 0.0937. The lowest BCUT2D eigenvalue weighted by molar-refractivity contribution is -0.116. The number of ketones is 1. The van der Waals surface area contributed by atoms with Crippen LogP contribution in [0.3, 0.4) is 0 Å². The van der Waals surface area contributed by atoms with Gasteiger partial charge in [0.25, 0.3) is 0 Å². The molecule has 2 atom stereocenters. The fourth-order valence-electron chi connectivity index (χ4n) is 4.94.